The highest BCUT2D eigenvalue weighted by molar-refractivity contribution is 6.31. The average Bonchev–Trinajstić information content (AvgIpc) is 3.16. The molecule has 21 heavy (non-hydrogen) atoms. The molecule has 3 fully saturated rings. The topological polar surface area (TPSA) is 43.8 Å². The second-order valence-electron chi connectivity index (χ2n) is 7.64. The van der Waals surface area contributed by atoms with Crippen molar-refractivity contribution >= 4 is 11.6 Å². The standard InChI is InChI=1S/C17H26ClN3/c1-3-21-15(16(18)10(2)20-21)9-17(19)8-11-7-14(17)13-6-4-5-12(11)13/h11-14H,3-9,19H2,1-2H3. The molecule has 1 aromatic rings. The number of halogens is 1. The fraction of sp³-hybridized carbons (Fsp3) is 0.824. The molecule has 0 radical (unpaired) electrons. The predicted octanol–water partition coefficient (Wildman–Crippen LogP) is 3.56. The zero-order valence-electron chi connectivity index (χ0n) is 13.1. The summed E-state index contributed by atoms with van der Waals surface area (Å²) >= 11 is 6.51. The molecule has 5 atom stereocenters. The highest BCUT2D eigenvalue weighted by atomic mass is 35.5. The van der Waals surface area contributed by atoms with E-state index in [9.17, 15) is 0 Å². The predicted molar refractivity (Wildman–Crippen MR) is 85.3 cm³/mol. The summed E-state index contributed by atoms with van der Waals surface area (Å²) in [7, 11) is 0. The van der Waals surface area contributed by atoms with E-state index in [-0.39, 0.29) is 5.54 Å². The Bertz CT molecular complexity index is 567. The normalized spacial score (nSPS) is 41.0. The van der Waals surface area contributed by atoms with Crippen molar-refractivity contribution in [1.82, 2.24) is 9.78 Å². The first-order chi connectivity index (χ1) is 10.0. The van der Waals surface area contributed by atoms with E-state index in [1.807, 2.05) is 6.92 Å². The van der Waals surface area contributed by atoms with E-state index in [2.05, 4.69) is 16.7 Å². The van der Waals surface area contributed by atoms with Gasteiger partial charge in [0.05, 0.1) is 16.4 Å². The molecule has 4 heteroatoms. The molecule has 1 heterocycles. The van der Waals surface area contributed by atoms with E-state index in [0.29, 0.717) is 5.92 Å². The Morgan fingerprint density at radius 2 is 2.14 bits per heavy atom. The van der Waals surface area contributed by atoms with Crippen LogP contribution in [0.5, 0.6) is 0 Å². The molecule has 0 saturated heterocycles. The minimum Gasteiger partial charge on any atom is -0.324 e. The molecule has 0 amide bonds. The van der Waals surface area contributed by atoms with Crippen LogP contribution in [0, 0.1) is 30.6 Å². The van der Waals surface area contributed by atoms with Crippen LogP contribution < -0.4 is 5.73 Å². The van der Waals surface area contributed by atoms with Gasteiger partial charge in [-0.2, -0.15) is 5.10 Å². The van der Waals surface area contributed by atoms with Gasteiger partial charge >= 0.3 is 0 Å². The Labute approximate surface area is 132 Å². The van der Waals surface area contributed by atoms with Crippen LogP contribution in [0.15, 0.2) is 0 Å². The van der Waals surface area contributed by atoms with E-state index in [0.717, 1.165) is 41.4 Å². The van der Waals surface area contributed by atoms with Gasteiger partial charge < -0.3 is 5.73 Å². The Morgan fingerprint density at radius 3 is 2.90 bits per heavy atom. The number of nitrogens with zero attached hydrogens (tertiary/aromatic N) is 2. The van der Waals surface area contributed by atoms with E-state index < -0.39 is 0 Å². The molecule has 0 spiro atoms. The van der Waals surface area contributed by atoms with Crippen molar-refractivity contribution in [2.45, 2.75) is 64.5 Å². The lowest BCUT2D eigenvalue weighted by atomic mass is 9.69. The second kappa shape index (κ2) is 4.73. The summed E-state index contributed by atoms with van der Waals surface area (Å²) in [5.74, 6) is 3.48. The summed E-state index contributed by atoms with van der Waals surface area (Å²) in [5.41, 5.74) is 9.00. The van der Waals surface area contributed by atoms with Gasteiger partial charge in [0.25, 0.3) is 0 Å². The fourth-order valence-corrected chi connectivity index (χ4v) is 6.07. The monoisotopic (exact) mass is 307 g/mol. The van der Waals surface area contributed by atoms with Crippen molar-refractivity contribution in [3.63, 3.8) is 0 Å². The molecule has 116 valence electrons. The smallest absolute Gasteiger partial charge is 0.0847 e. The molecule has 3 aliphatic rings. The van der Waals surface area contributed by atoms with Crippen molar-refractivity contribution in [1.29, 1.82) is 0 Å². The first-order valence-corrected chi connectivity index (χ1v) is 8.92. The Kier molecular flexibility index (Phi) is 3.17. The Balaban J connectivity index is 1.63. The Hall–Kier alpha value is -0.540. The van der Waals surface area contributed by atoms with Gasteiger partial charge in [-0.1, -0.05) is 18.0 Å². The third-order valence-corrected chi connectivity index (χ3v) is 7.13. The minimum absolute atomic E-state index is 0.0425. The van der Waals surface area contributed by atoms with Crippen molar-refractivity contribution in [2.24, 2.45) is 29.4 Å². The summed E-state index contributed by atoms with van der Waals surface area (Å²) in [5, 5.41) is 5.40. The molecule has 1 aromatic heterocycles. The molecule has 0 aromatic carbocycles. The van der Waals surface area contributed by atoms with Crippen LogP contribution in [0.3, 0.4) is 0 Å². The lowest BCUT2D eigenvalue weighted by Crippen LogP contribution is -2.51. The number of nitrogens with two attached hydrogens (primary N) is 1. The van der Waals surface area contributed by atoms with E-state index in [4.69, 9.17) is 17.3 Å². The molecule has 4 rings (SSSR count). The van der Waals surface area contributed by atoms with Gasteiger partial charge in [-0.25, -0.2) is 0 Å². The maximum absolute atomic E-state index is 6.93. The molecule has 3 nitrogen and oxygen atoms in total. The van der Waals surface area contributed by atoms with Crippen LogP contribution in [0.1, 0.15) is 50.4 Å². The van der Waals surface area contributed by atoms with Crippen LogP contribution in [0.25, 0.3) is 0 Å². The number of aromatic nitrogens is 2. The highest BCUT2D eigenvalue weighted by Crippen LogP contribution is 2.62. The molecular formula is C17H26ClN3. The number of aryl methyl sites for hydroxylation is 2. The van der Waals surface area contributed by atoms with Gasteiger partial charge in [0, 0.05) is 18.5 Å². The zero-order valence-corrected chi connectivity index (χ0v) is 13.9. The van der Waals surface area contributed by atoms with Gasteiger partial charge in [0.15, 0.2) is 0 Å². The summed E-state index contributed by atoms with van der Waals surface area (Å²) in [4.78, 5) is 0. The second-order valence-corrected chi connectivity index (χ2v) is 8.01. The Morgan fingerprint density at radius 1 is 1.38 bits per heavy atom. The van der Waals surface area contributed by atoms with Crippen molar-refractivity contribution in [2.75, 3.05) is 0 Å². The molecule has 5 unspecified atom stereocenters. The van der Waals surface area contributed by atoms with Gasteiger partial charge in [0.2, 0.25) is 0 Å². The molecule has 3 aliphatic carbocycles. The summed E-state index contributed by atoms with van der Waals surface area (Å²) in [6, 6.07) is 0. The van der Waals surface area contributed by atoms with Gasteiger partial charge in [-0.05, 0) is 63.2 Å². The zero-order chi connectivity index (χ0) is 14.8. The maximum Gasteiger partial charge on any atom is 0.0847 e. The van der Waals surface area contributed by atoms with Gasteiger partial charge in [-0.3, -0.25) is 4.68 Å². The first-order valence-electron chi connectivity index (χ1n) is 8.54. The summed E-state index contributed by atoms with van der Waals surface area (Å²) < 4.78 is 2.06. The molecular weight excluding hydrogens is 282 g/mol. The SMILES string of the molecule is CCn1nc(C)c(Cl)c1CC1(N)CC2CC1C1CCCC21. The number of hydrogen-bond donors (Lipinski definition) is 1. The number of hydrogen-bond acceptors (Lipinski definition) is 2. The highest BCUT2D eigenvalue weighted by Gasteiger charge is 2.59. The lowest BCUT2D eigenvalue weighted by molar-refractivity contribution is 0.154. The summed E-state index contributed by atoms with van der Waals surface area (Å²) in [6.45, 7) is 5.00. The third-order valence-electron chi connectivity index (χ3n) is 6.63. The van der Waals surface area contributed by atoms with Crippen LogP contribution in [0.2, 0.25) is 5.02 Å². The van der Waals surface area contributed by atoms with Gasteiger partial charge in [-0.15, -0.1) is 0 Å². The molecule has 3 saturated carbocycles. The van der Waals surface area contributed by atoms with Crippen LogP contribution in [0.4, 0.5) is 0 Å². The largest absolute Gasteiger partial charge is 0.324 e. The average molecular weight is 308 g/mol. The van der Waals surface area contributed by atoms with Crippen molar-refractivity contribution < 1.29 is 0 Å². The van der Waals surface area contributed by atoms with Gasteiger partial charge in [0.1, 0.15) is 0 Å². The van der Waals surface area contributed by atoms with Crippen LogP contribution >= 0.6 is 11.6 Å². The number of fused-ring (bicyclic) bond motifs is 5. The lowest BCUT2D eigenvalue weighted by Gasteiger charge is -2.40. The fourth-order valence-electron chi connectivity index (χ4n) is 5.87. The van der Waals surface area contributed by atoms with Crippen molar-refractivity contribution in [3.8, 4) is 0 Å². The van der Waals surface area contributed by atoms with E-state index in [1.54, 1.807) is 0 Å². The van der Waals surface area contributed by atoms with Crippen LogP contribution in [-0.2, 0) is 13.0 Å². The molecule has 2 bridgehead atoms. The number of rotatable bonds is 3. The molecule has 0 aliphatic heterocycles. The minimum atomic E-state index is -0.0425. The van der Waals surface area contributed by atoms with Crippen molar-refractivity contribution in [3.05, 3.63) is 16.4 Å². The third kappa shape index (κ3) is 1.93. The molecule has 2 N–H and O–H groups in total. The quantitative estimate of drug-likeness (QED) is 0.928. The summed E-state index contributed by atoms with van der Waals surface area (Å²) in [6.07, 6.45) is 7.75. The van der Waals surface area contributed by atoms with E-state index in [1.165, 1.54) is 37.8 Å². The maximum atomic E-state index is 6.93. The van der Waals surface area contributed by atoms with E-state index >= 15 is 0 Å². The van der Waals surface area contributed by atoms with Crippen LogP contribution in [-0.4, -0.2) is 15.3 Å². The first kappa shape index (κ1) is 14.1.